The molecular weight excluding hydrogens is 277 g/mol. The van der Waals surface area contributed by atoms with Crippen molar-refractivity contribution >= 4 is 27.4 Å². The van der Waals surface area contributed by atoms with E-state index in [9.17, 15) is 18.0 Å². The van der Waals surface area contributed by atoms with Crippen LogP contribution in [0.5, 0.6) is 0 Å². The Kier molecular flexibility index (Phi) is 3.54. The number of hydrogen-bond acceptors (Lipinski definition) is 2. The zero-order chi connectivity index (χ0) is 14.2. The molecule has 2 nitrogen and oxygen atoms in total. The Balaban J connectivity index is 2.54. The lowest BCUT2D eigenvalue weighted by atomic mass is 9.98. The van der Waals surface area contributed by atoms with Gasteiger partial charge < -0.3 is 5.11 Å². The van der Waals surface area contributed by atoms with Gasteiger partial charge in [0.05, 0.1) is 11.5 Å². The predicted octanol–water partition coefficient (Wildman–Crippen LogP) is 4.18. The minimum atomic E-state index is -4.43. The average Bonchev–Trinajstić information content (AvgIpc) is 2.71. The summed E-state index contributed by atoms with van der Waals surface area (Å²) in [6.07, 6.45) is -4.33. The van der Waals surface area contributed by atoms with E-state index >= 15 is 0 Å². The summed E-state index contributed by atoms with van der Waals surface area (Å²) in [4.78, 5) is 10.8. The standard InChI is InChI=1S/C13H11F3O2S/c1-7(12(17)18)5-8-6-19-10-4-2-3-9(11(8)10)13(14,15)16/h2-4,6-7H,5H2,1H3,(H,17,18). The van der Waals surface area contributed by atoms with Crippen LogP contribution in [-0.2, 0) is 17.4 Å². The van der Waals surface area contributed by atoms with Gasteiger partial charge in [-0.25, -0.2) is 0 Å². The number of alkyl halides is 3. The van der Waals surface area contributed by atoms with Gasteiger partial charge in [0.1, 0.15) is 0 Å². The molecule has 0 radical (unpaired) electrons. The summed E-state index contributed by atoms with van der Waals surface area (Å²) in [5.74, 6) is -1.72. The number of rotatable bonds is 3. The SMILES string of the molecule is CC(Cc1csc2cccc(C(F)(F)F)c12)C(=O)O. The Morgan fingerprint density at radius 1 is 1.42 bits per heavy atom. The number of aliphatic carboxylic acids is 1. The molecule has 1 aromatic carbocycles. The van der Waals surface area contributed by atoms with Crippen LogP contribution in [0.4, 0.5) is 13.2 Å². The third-order valence-electron chi connectivity index (χ3n) is 2.93. The molecule has 1 aromatic heterocycles. The largest absolute Gasteiger partial charge is 0.481 e. The summed E-state index contributed by atoms with van der Waals surface area (Å²) >= 11 is 1.20. The molecule has 1 N–H and O–H groups in total. The molecule has 2 aromatic rings. The Labute approximate surface area is 111 Å². The summed E-state index contributed by atoms with van der Waals surface area (Å²) in [7, 11) is 0. The van der Waals surface area contributed by atoms with Gasteiger partial charge in [0, 0.05) is 10.1 Å². The van der Waals surface area contributed by atoms with Crippen molar-refractivity contribution < 1.29 is 23.1 Å². The molecule has 0 aliphatic heterocycles. The van der Waals surface area contributed by atoms with Crippen molar-refractivity contribution in [3.63, 3.8) is 0 Å². The number of carboxylic acids is 1. The maximum atomic E-state index is 13.0. The molecule has 0 saturated heterocycles. The van der Waals surface area contributed by atoms with Gasteiger partial charge in [-0.3, -0.25) is 4.79 Å². The minimum Gasteiger partial charge on any atom is -0.481 e. The number of hydrogen-bond donors (Lipinski definition) is 1. The van der Waals surface area contributed by atoms with Crippen molar-refractivity contribution in [1.29, 1.82) is 0 Å². The fourth-order valence-electron chi connectivity index (χ4n) is 1.96. The van der Waals surface area contributed by atoms with Crippen LogP contribution in [0.2, 0.25) is 0 Å². The topological polar surface area (TPSA) is 37.3 Å². The van der Waals surface area contributed by atoms with Crippen LogP contribution >= 0.6 is 11.3 Å². The smallest absolute Gasteiger partial charge is 0.417 e. The maximum Gasteiger partial charge on any atom is 0.417 e. The molecule has 19 heavy (non-hydrogen) atoms. The number of benzene rings is 1. The first-order valence-corrected chi connectivity index (χ1v) is 6.47. The summed E-state index contributed by atoms with van der Waals surface area (Å²) in [6.45, 7) is 1.49. The molecule has 102 valence electrons. The second-order valence-electron chi connectivity index (χ2n) is 4.38. The van der Waals surface area contributed by atoms with Crippen LogP contribution in [0.3, 0.4) is 0 Å². The van der Waals surface area contributed by atoms with E-state index in [1.165, 1.54) is 24.3 Å². The van der Waals surface area contributed by atoms with Gasteiger partial charge >= 0.3 is 12.1 Å². The Bertz CT molecular complexity index is 616. The third kappa shape index (κ3) is 2.73. The summed E-state index contributed by atoms with van der Waals surface area (Å²) < 4.78 is 39.4. The number of halogens is 3. The molecular formula is C13H11F3O2S. The molecule has 1 heterocycles. The van der Waals surface area contributed by atoms with Crippen LogP contribution in [0.1, 0.15) is 18.1 Å². The van der Waals surface area contributed by atoms with E-state index in [0.717, 1.165) is 6.07 Å². The van der Waals surface area contributed by atoms with Crippen LogP contribution in [0.15, 0.2) is 23.6 Å². The first-order chi connectivity index (χ1) is 8.80. The second kappa shape index (κ2) is 4.85. The zero-order valence-electron chi connectivity index (χ0n) is 9.99. The molecule has 0 spiro atoms. The van der Waals surface area contributed by atoms with E-state index in [-0.39, 0.29) is 11.8 Å². The van der Waals surface area contributed by atoms with Crippen molar-refractivity contribution in [2.24, 2.45) is 5.92 Å². The highest BCUT2D eigenvalue weighted by Gasteiger charge is 2.33. The molecule has 0 bridgehead atoms. The predicted molar refractivity (Wildman–Crippen MR) is 67.3 cm³/mol. The number of carbonyl (C=O) groups is 1. The van der Waals surface area contributed by atoms with E-state index in [0.29, 0.717) is 10.3 Å². The lowest BCUT2D eigenvalue weighted by Crippen LogP contribution is -2.13. The summed E-state index contributed by atoms with van der Waals surface area (Å²) in [5, 5.41) is 10.6. The van der Waals surface area contributed by atoms with Crippen molar-refractivity contribution in [1.82, 2.24) is 0 Å². The first-order valence-electron chi connectivity index (χ1n) is 5.60. The molecule has 1 atom stereocenters. The van der Waals surface area contributed by atoms with Crippen molar-refractivity contribution in [2.75, 3.05) is 0 Å². The van der Waals surface area contributed by atoms with Crippen molar-refractivity contribution in [2.45, 2.75) is 19.5 Å². The minimum absolute atomic E-state index is 0.0996. The zero-order valence-corrected chi connectivity index (χ0v) is 10.8. The van der Waals surface area contributed by atoms with E-state index in [1.54, 1.807) is 11.4 Å². The van der Waals surface area contributed by atoms with Gasteiger partial charge in [-0.15, -0.1) is 11.3 Å². The molecule has 1 unspecified atom stereocenters. The quantitative estimate of drug-likeness (QED) is 0.919. The number of carboxylic acid groups (broad SMARTS) is 1. The highest BCUT2D eigenvalue weighted by molar-refractivity contribution is 7.17. The molecule has 0 amide bonds. The van der Waals surface area contributed by atoms with Crippen molar-refractivity contribution in [3.8, 4) is 0 Å². The molecule has 0 aliphatic carbocycles. The number of thiophene rings is 1. The van der Waals surface area contributed by atoms with Gasteiger partial charge in [0.2, 0.25) is 0 Å². The Hall–Kier alpha value is -1.56. The number of fused-ring (bicyclic) bond motifs is 1. The highest BCUT2D eigenvalue weighted by atomic mass is 32.1. The first kappa shape index (κ1) is 13.9. The average molecular weight is 288 g/mol. The second-order valence-corrected chi connectivity index (χ2v) is 5.29. The van der Waals surface area contributed by atoms with E-state index in [2.05, 4.69) is 0 Å². The van der Waals surface area contributed by atoms with E-state index < -0.39 is 23.6 Å². The normalized spacial score (nSPS) is 13.7. The van der Waals surface area contributed by atoms with E-state index in [1.807, 2.05) is 0 Å². The lowest BCUT2D eigenvalue weighted by molar-refractivity contribution is -0.141. The van der Waals surface area contributed by atoms with Gasteiger partial charge in [-0.05, 0) is 29.5 Å². The molecule has 6 heteroatoms. The van der Waals surface area contributed by atoms with Gasteiger partial charge in [0.15, 0.2) is 0 Å². The van der Waals surface area contributed by atoms with Crippen LogP contribution in [-0.4, -0.2) is 11.1 Å². The summed E-state index contributed by atoms with van der Waals surface area (Å²) in [5.41, 5.74) is -0.248. The lowest BCUT2D eigenvalue weighted by Gasteiger charge is -2.11. The van der Waals surface area contributed by atoms with Gasteiger partial charge in [-0.2, -0.15) is 13.2 Å². The third-order valence-corrected chi connectivity index (χ3v) is 3.93. The monoisotopic (exact) mass is 288 g/mol. The molecule has 0 aliphatic rings. The van der Waals surface area contributed by atoms with E-state index in [4.69, 9.17) is 5.11 Å². The fourth-order valence-corrected chi connectivity index (χ4v) is 2.96. The Morgan fingerprint density at radius 2 is 2.11 bits per heavy atom. The molecule has 0 fully saturated rings. The van der Waals surface area contributed by atoms with Gasteiger partial charge in [0.25, 0.3) is 0 Å². The van der Waals surface area contributed by atoms with Crippen LogP contribution < -0.4 is 0 Å². The molecule has 0 saturated carbocycles. The maximum absolute atomic E-state index is 13.0. The molecule has 2 rings (SSSR count). The van der Waals surface area contributed by atoms with Crippen LogP contribution in [0, 0.1) is 5.92 Å². The van der Waals surface area contributed by atoms with Crippen molar-refractivity contribution in [3.05, 3.63) is 34.7 Å². The van der Waals surface area contributed by atoms with Crippen LogP contribution in [0.25, 0.3) is 10.1 Å². The fraction of sp³-hybridized carbons (Fsp3) is 0.308. The summed E-state index contributed by atoms with van der Waals surface area (Å²) in [6, 6.07) is 4.01. The highest BCUT2D eigenvalue weighted by Crippen LogP contribution is 2.39. The Morgan fingerprint density at radius 3 is 2.68 bits per heavy atom. The van der Waals surface area contributed by atoms with Gasteiger partial charge in [-0.1, -0.05) is 13.0 Å².